The summed E-state index contributed by atoms with van der Waals surface area (Å²) < 4.78 is 10.7. The molecule has 0 atom stereocenters. The van der Waals surface area contributed by atoms with E-state index in [1.807, 2.05) is 6.92 Å². The van der Waals surface area contributed by atoms with Crippen molar-refractivity contribution in [3.05, 3.63) is 18.2 Å². The first-order valence-corrected chi connectivity index (χ1v) is 5.46. The van der Waals surface area contributed by atoms with Crippen molar-refractivity contribution < 1.29 is 19.7 Å². The third-order valence-corrected chi connectivity index (χ3v) is 1.91. The molecule has 1 aromatic rings. The first kappa shape index (κ1) is 12.6. The first-order chi connectivity index (χ1) is 7.76. The van der Waals surface area contributed by atoms with Crippen LogP contribution in [-0.2, 0) is 0 Å². The predicted molar refractivity (Wildman–Crippen MR) is 61.1 cm³/mol. The molecule has 0 aromatic heterocycles. The number of hydrogen-bond donors (Lipinski definition) is 2. The molecule has 0 fully saturated rings. The summed E-state index contributed by atoms with van der Waals surface area (Å²) in [6.07, 6.45) is 1.48. The van der Waals surface area contributed by atoms with Crippen molar-refractivity contribution >= 4 is 0 Å². The van der Waals surface area contributed by atoms with Gasteiger partial charge in [-0.25, -0.2) is 0 Å². The molecule has 0 heterocycles. The molecule has 16 heavy (non-hydrogen) atoms. The summed E-state index contributed by atoms with van der Waals surface area (Å²) in [7, 11) is 0. The Morgan fingerprint density at radius 2 is 1.69 bits per heavy atom. The molecule has 0 amide bonds. The van der Waals surface area contributed by atoms with E-state index >= 15 is 0 Å². The second-order valence-corrected chi connectivity index (χ2v) is 3.44. The number of aromatic hydroxyl groups is 1. The normalized spacial score (nSPS) is 10.1. The first-order valence-electron chi connectivity index (χ1n) is 5.46. The summed E-state index contributed by atoms with van der Waals surface area (Å²) in [6, 6.07) is 4.80. The van der Waals surface area contributed by atoms with Gasteiger partial charge in [0.1, 0.15) is 17.2 Å². The molecule has 4 nitrogen and oxygen atoms in total. The molecule has 0 saturated carbocycles. The second-order valence-electron chi connectivity index (χ2n) is 3.44. The average Bonchev–Trinajstić information content (AvgIpc) is 2.26. The largest absolute Gasteiger partial charge is 0.508 e. The molecule has 0 spiro atoms. The van der Waals surface area contributed by atoms with Crippen molar-refractivity contribution in [3.8, 4) is 17.2 Å². The fraction of sp³-hybridized carbons (Fsp3) is 0.500. The Morgan fingerprint density at radius 3 is 2.25 bits per heavy atom. The van der Waals surface area contributed by atoms with Crippen LogP contribution in [0.1, 0.15) is 19.8 Å². The van der Waals surface area contributed by atoms with Crippen LogP contribution in [0.2, 0.25) is 0 Å². The van der Waals surface area contributed by atoms with Crippen LogP contribution in [-0.4, -0.2) is 30.0 Å². The van der Waals surface area contributed by atoms with Crippen LogP contribution in [0.25, 0.3) is 0 Å². The lowest BCUT2D eigenvalue weighted by atomic mass is 10.3. The standard InChI is InChI=1S/C12H18O4/c1-2-5-15-11-7-10(14)8-12(9-11)16-6-3-4-13/h7-9,13-14H,2-6H2,1H3. The highest BCUT2D eigenvalue weighted by Crippen LogP contribution is 2.27. The molecule has 0 unspecified atom stereocenters. The van der Waals surface area contributed by atoms with Gasteiger partial charge in [-0.1, -0.05) is 6.92 Å². The number of hydrogen-bond acceptors (Lipinski definition) is 4. The minimum atomic E-state index is 0.0952. The van der Waals surface area contributed by atoms with E-state index in [0.717, 1.165) is 6.42 Å². The zero-order valence-corrected chi connectivity index (χ0v) is 9.48. The summed E-state index contributed by atoms with van der Waals surface area (Å²) >= 11 is 0. The maximum absolute atomic E-state index is 9.44. The van der Waals surface area contributed by atoms with Crippen molar-refractivity contribution in [1.29, 1.82) is 0 Å². The van der Waals surface area contributed by atoms with E-state index in [4.69, 9.17) is 14.6 Å². The summed E-state index contributed by atoms with van der Waals surface area (Å²) in [5.74, 6) is 1.27. The maximum Gasteiger partial charge on any atom is 0.126 e. The van der Waals surface area contributed by atoms with Crippen molar-refractivity contribution in [1.82, 2.24) is 0 Å². The van der Waals surface area contributed by atoms with E-state index in [0.29, 0.717) is 31.1 Å². The van der Waals surface area contributed by atoms with Gasteiger partial charge in [0, 0.05) is 31.2 Å². The van der Waals surface area contributed by atoms with Crippen molar-refractivity contribution in [2.45, 2.75) is 19.8 Å². The minimum Gasteiger partial charge on any atom is -0.508 e. The van der Waals surface area contributed by atoms with Gasteiger partial charge >= 0.3 is 0 Å². The summed E-state index contributed by atoms with van der Waals surface area (Å²) in [6.45, 7) is 3.15. The lowest BCUT2D eigenvalue weighted by molar-refractivity contribution is 0.232. The number of rotatable bonds is 7. The fourth-order valence-corrected chi connectivity index (χ4v) is 1.20. The summed E-state index contributed by atoms with van der Waals surface area (Å²) in [5, 5.41) is 18.1. The van der Waals surface area contributed by atoms with Gasteiger partial charge in [-0.3, -0.25) is 0 Å². The predicted octanol–water partition coefficient (Wildman–Crippen LogP) is 1.94. The van der Waals surface area contributed by atoms with Gasteiger partial charge in [-0.15, -0.1) is 0 Å². The second kappa shape index (κ2) is 6.95. The minimum absolute atomic E-state index is 0.0952. The molecule has 0 aliphatic heterocycles. The molecule has 0 saturated heterocycles. The van der Waals surface area contributed by atoms with Gasteiger partial charge in [0.2, 0.25) is 0 Å². The smallest absolute Gasteiger partial charge is 0.126 e. The lowest BCUT2D eigenvalue weighted by Crippen LogP contribution is -2.00. The highest BCUT2D eigenvalue weighted by Gasteiger charge is 2.02. The number of aliphatic hydroxyl groups is 1. The Labute approximate surface area is 95.4 Å². The molecular weight excluding hydrogens is 208 g/mol. The van der Waals surface area contributed by atoms with E-state index in [2.05, 4.69) is 0 Å². The Hall–Kier alpha value is -1.42. The zero-order chi connectivity index (χ0) is 11.8. The number of phenols is 1. The van der Waals surface area contributed by atoms with Crippen LogP contribution in [0.15, 0.2) is 18.2 Å². The molecule has 1 rings (SSSR count). The quantitative estimate of drug-likeness (QED) is 0.697. The number of benzene rings is 1. The molecule has 2 N–H and O–H groups in total. The molecule has 90 valence electrons. The zero-order valence-electron chi connectivity index (χ0n) is 9.48. The molecule has 0 bridgehead atoms. The molecule has 0 radical (unpaired) electrons. The Bertz CT molecular complexity index is 312. The summed E-state index contributed by atoms with van der Waals surface area (Å²) in [4.78, 5) is 0. The van der Waals surface area contributed by atoms with Gasteiger partial charge in [-0.2, -0.15) is 0 Å². The third kappa shape index (κ3) is 4.40. The molecular formula is C12H18O4. The van der Waals surface area contributed by atoms with E-state index in [9.17, 15) is 5.11 Å². The van der Waals surface area contributed by atoms with Crippen LogP contribution in [0.4, 0.5) is 0 Å². The SMILES string of the molecule is CCCOc1cc(O)cc(OCCCO)c1. The average molecular weight is 226 g/mol. The van der Waals surface area contributed by atoms with Gasteiger partial charge in [0.25, 0.3) is 0 Å². The van der Waals surface area contributed by atoms with Crippen LogP contribution in [0, 0.1) is 0 Å². The van der Waals surface area contributed by atoms with Crippen LogP contribution >= 0.6 is 0 Å². The molecule has 1 aromatic carbocycles. The van der Waals surface area contributed by atoms with E-state index in [1.165, 1.54) is 6.07 Å². The van der Waals surface area contributed by atoms with Crippen molar-refractivity contribution in [3.63, 3.8) is 0 Å². The number of phenolic OH excluding ortho intramolecular Hbond substituents is 1. The van der Waals surface area contributed by atoms with Crippen LogP contribution < -0.4 is 9.47 Å². The topological polar surface area (TPSA) is 58.9 Å². The van der Waals surface area contributed by atoms with Gasteiger partial charge < -0.3 is 19.7 Å². The Morgan fingerprint density at radius 1 is 1.06 bits per heavy atom. The van der Waals surface area contributed by atoms with Gasteiger partial charge in [0.15, 0.2) is 0 Å². The molecule has 0 aliphatic carbocycles. The molecule has 0 aliphatic rings. The van der Waals surface area contributed by atoms with Crippen molar-refractivity contribution in [2.75, 3.05) is 19.8 Å². The number of ether oxygens (including phenoxy) is 2. The van der Waals surface area contributed by atoms with E-state index in [-0.39, 0.29) is 12.4 Å². The van der Waals surface area contributed by atoms with Gasteiger partial charge in [0.05, 0.1) is 13.2 Å². The highest BCUT2D eigenvalue weighted by atomic mass is 16.5. The van der Waals surface area contributed by atoms with E-state index < -0.39 is 0 Å². The number of aliphatic hydroxyl groups excluding tert-OH is 1. The summed E-state index contributed by atoms with van der Waals surface area (Å²) in [5.41, 5.74) is 0. The third-order valence-electron chi connectivity index (χ3n) is 1.91. The van der Waals surface area contributed by atoms with Crippen LogP contribution in [0.5, 0.6) is 17.2 Å². The molecule has 4 heteroatoms. The van der Waals surface area contributed by atoms with Crippen molar-refractivity contribution in [2.24, 2.45) is 0 Å². The Kier molecular flexibility index (Phi) is 5.50. The van der Waals surface area contributed by atoms with Crippen LogP contribution in [0.3, 0.4) is 0 Å². The Balaban J connectivity index is 2.58. The van der Waals surface area contributed by atoms with Gasteiger partial charge in [-0.05, 0) is 6.42 Å². The monoisotopic (exact) mass is 226 g/mol. The fourth-order valence-electron chi connectivity index (χ4n) is 1.20. The van der Waals surface area contributed by atoms with E-state index in [1.54, 1.807) is 12.1 Å². The highest BCUT2D eigenvalue weighted by molar-refractivity contribution is 5.41. The maximum atomic E-state index is 9.44. The lowest BCUT2D eigenvalue weighted by Gasteiger charge is -2.09.